The monoisotopic (exact) mass is 331 g/mol. The lowest BCUT2D eigenvalue weighted by Gasteiger charge is -2.35. The maximum Gasteiger partial charge on any atom is 0.318 e. The molecule has 2 atom stereocenters. The van der Waals surface area contributed by atoms with Gasteiger partial charge in [0.2, 0.25) is 5.91 Å². The third-order valence-corrected chi connectivity index (χ3v) is 4.70. The Bertz CT molecular complexity index is 607. The standard InChI is InChI=1S/C19H29N3O2/c1-13-9-6-7-10-14(13)16(19(2,3)4)21-18(24)22-12-8-11-15(22)17(23)20-5/h6-7,9-10,15-16H,8,11-12H2,1-5H3,(H,20,23)(H,21,24)/t15-,16-/m0/s1. The second-order valence-corrected chi connectivity index (χ2v) is 7.57. The Hall–Kier alpha value is -2.04. The smallest absolute Gasteiger partial charge is 0.318 e. The average Bonchev–Trinajstić information content (AvgIpc) is 3.01. The van der Waals surface area contributed by atoms with Gasteiger partial charge in [-0.05, 0) is 36.3 Å². The van der Waals surface area contributed by atoms with Crippen LogP contribution in [0.3, 0.4) is 0 Å². The van der Waals surface area contributed by atoms with E-state index in [9.17, 15) is 9.59 Å². The minimum Gasteiger partial charge on any atom is -0.357 e. The molecule has 132 valence electrons. The Kier molecular flexibility index (Phi) is 5.52. The highest BCUT2D eigenvalue weighted by molar-refractivity contribution is 5.87. The van der Waals surface area contributed by atoms with E-state index in [1.54, 1.807) is 11.9 Å². The number of hydrogen-bond donors (Lipinski definition) is 2. The number of aryl methyl sites for hydroxylation is 1. The summed E-state index contributed by atoms with van der Waals surface area (Å²) >= 11 is 0. The molecule has 2 rings (SSSR count). The molecule has 0 radical (unpaired) electrons. The van der Waals surface area contributed by atoms with E-state index in [4.69, 9.17) is 0 Å². The first kappa shape index (κ1) is 18.3. The average molecular weight is 331 g/mol. The summed E-state index contributed by atoms with van der Waals surface area (Å²) in [5.41, 5.74) is 2.14. The van der Waals surface area contributed by atoms with E-state index in [1.807, 2.05) is 12.1 Å². The van der Waals surface area contributed by atoms with Crippen molar-refractivity contribution in [3.8, 4) is 0 Å². The number of likely N-dealkylation sites (N-methyl/N-ethyl adjacent to an activating group) is 1. The number of rotatable bonds is 3. The Morgan fingerprint density at radius 2 is 1.92 bits per heavy atom. The number of nitrogens with zero attached hydrogens (tertiary/aromatic N) is 1. The molecule has 1 saturated heterocycles. The molecule has 0 spiro atoms. The van der Waals surface area contributed by atoms with Crippen molar-refractivity contribution in [2.75, 3.05) is 13.6 Å². The number of carbonyl (C=O) groups is 2. The lowest BCUT2D eigenvalue weighted by atomic mass is 9.81. The molecule has 1 fully saturated rings. The van der Waals surface area contributed by atoms with Crippen molar-refractivity contribution in [3.63, 3.8) is 0 Å². The van der Waals surface area contributed by atoms with E-state index >= 15 is 0 Å². The van der Waals surface area contributed by atoms with Crippen LogP contribution in [0.2, 0.25) is 0 Å². The molecule has 5 heteroatoms. The molecular formula is C19H29N3O2. The predicted molar refractivity (Wildman–Crippen MR) is 95.7 cm³/mol. The third-order valence-electron chi connectivity index (χ3n) is 4.70. The van der Waals surface area contributed by atoms with Crippen molar-refractivity contribution in [2.45, 2.75) is 52.6 Å². The van der Waals surface area contributed by atoms with E-state index in [1.165, 1.54) is 0 Å². The molecule has 5 nitrogen and oxygen atoms in total. The molecule has 0 unspecified atom stereocenters. The third kappa shape index (κ3) is 3.89. The number of nitrogens with one attached hydrogen (secondary N) is 2. The number of amides is 3. The van der Waals surface area contributed by atoms with Gasteiger partial charge in [0.1, 0.15) is 6.04 Å². The first-order chi connectivity index (χ1) is 11.3. The zero-order valence-electron chi connectivity index (χ0n) is 15.3. The molecule has 3 amide bonds. The van der Waals surface area contributed by atoms with Crippen LogP contribution in [0.5, 0.6) is 0 Å². The van der Waals surface area contributed by atoms with E-state index in [0.717, 1.165) is 24.0 Å². The van der Waals surface area contributed by atoms with Gasteiger partial charge in [0.15, 0.2) is 0 Å². The summed E-state index contributed by atoms with van der Waals surface area (Å²) in [4.78, 5) is 26.5. The highest BCUT2D eigenvalue weighted by atomic mass is 16.2. The predicted octanol–water partition coefficient (Wildman–Crippen LogP) is 3.00. The zero-order valence-corrected chi connectivity index (χ0v) is 15.3. The van der Waals surface area contributed by atoms with Crippen molar-refractivity contribution in [3.05, 3.63) is 35.4 Å². The van der Waals surface area contributed by atoms with Gasteiger partial charge in [-0.1, -0.05) is 45.0 Å². The van der Waals surface area contributed by atoms with Crippen molar-refractivity contribution in [2.24, 2.45) is 5.41 Å². The van der Waals surface area contributed by atoms with Crippen molar-refractivity contribution >= 4 is 11.9 Å². The van der Waals surface area contributed by atoms with Crippen LogP contribution in [-0.4, -0.2) is 36.5 Å². The van der Waals surface area contributed by atoms with Gasteiger partial charge in [-0.3, -0.25) is 4.79 Å². The topological polar surface area (TPSA) is 61.4 Å². The fourth-order valence-corrected chi connectivity index (χ4v) is 3.33. The largest absolute Gasteiger partial charge is 0.357 e. The maximum atomic E-state index is 12.9. The molecule has 0 bridgehead atoms. The Labute approximate surface area is 144 Å². The molecule has 1 heterocycles. The Balaban J connectivity index is 2.23. The van der Waals surface area contributed by atoms with Crippen LogP contribution in [0, 0.1) is 12.3 Å². The molecule has 1 aliphatic heterocycles. The number of urea groups is 1. The fraction of sp³-hybridized carbons (Fsp3) is 0.579. The van der Waals surface area contributed by atoms with Gasteiger partial charge in [-0.2, -0.15) is 0 Å². The van der Waals surface area contributed by atoms with E-state index < -0.39 is 0 Å². The molecule has 1 aliphatic rings. The molecule has 0 saturated carbocycles. The van der Waals surface area contributed by atoms with E-state index in [0.29, 0.717) is 6.54 Å². The summed E-state index contributed by atoms with van der Waals surface area (Å²) in [5, 5.41) is 5.83. The van der Waals surface area contributed by atoms with Gasteiger partial charge in [0, 0.05) is 13.6 Å². The van der Waals surface area contributed by atoms with Gasteiger partial charge >= 0.3 is 6.03 Å². The lowest BCUT2D eigenvalue weighted by Crippen LogP contribution is -2.51. The van der Waals surface area contributed by atoms with Gasteiger partial charge in [0.05, 0.1) is 6.04 Å². The van der Waals surface area contributed by atoms with Crippen LogP contribution in [0.4, 0.5) is 4.79 Å². The Morgan fingerprint density at radius 3 is 2.50 bits per heavy atom. The van der Waals surface area contributed by atoms with Gasteiger partial charge in [0.25, 0.3) is 0 Å². The Morgan fingerprint density at radius 1 is 1.25 bits per heavy atom. The summed E-state index contributed by atoms with van der Waals surface area (Å²) < 4.78 is 0. The molecule has 0 aliphatic carbocycles. The van der Waals surface area contributed by atoms with Gasteiger partial charge in [-0.15, -0.1) is 0 Å². The number of benzene rings is 1. The molecule has 1 aromatic rings. The number of likely N-dealkylation sites (tertiary alicyclic amines) is 1. The lowest BCUT2D eigenvalue weighted by molar-refractivity contribution is -0.124. The van der Waals surface area contributed by atoms with Crippen LogP contribution in [0.15, 0.2) is 24.3 Å². The van der Waals surface area contributed by atoms with Gasteiger partial charge in [-0.25, -0.2) is 4.79 Å². The normalized spacial score (nSPS) is 19.0. The summed E-state index contributed by atoms with van der Waals surface area (Å²) in [6, 6.07) is 7.47. The summed E-state index contributed by atoms with van der Waals surface area (Å²) in [6.45, 7) is 9.03. The zero-order chi connectivity index (χ0) is 17.9. The fourth-order valence-electron chi connectivity index (χ4n) is 3.33. The highest BCUT2D eigenvalue weighted by Crippen LogP contribution is 2.34. The van der Waals surface area contributed by atoms with Crippen LogP contribution < -0.4 is 10.6 Å². The summed E-state index contributed by atoms with van der Waals surface area (Å²) in [6.07, 6.45) is 1.58. The molecule has 1 aromatic carbocycles. The van der Waals surface area contributed by atoms with Crippen LogP contribution in [-0.2, 0) is 4.79 Å². The summed E-state index contributed by atoms with van der Waals surface area (Å²) in [7, 11) is 1.61. The van der Waals surface area contributed by atoms with Crippen molar-refractivity contribution in [1.82, 2.24) is 15.5 Å². The minimum atomic E-state index is -0.368. The quantitative estimate of drug-likeness (QED) is 0.894. The second kappa shape index (κ2) is 7.24. The van der Waals surface area contributed by atoms with Crippen molar-refractivity contribution in [1.29, 1.82) is 0 Å². The van der Waals surface area contributed by atoms with Crippen LogP contribution in [0.1, 0.15) is 50.8 Å². The minimum absolute atomic E-state index is 0.0918. The molecule has 24 heavy (non-hydrogen) atoms. The first-order valence-corrected chi connectivity index (χ1v) is 8.60. The van der Waals surface area contributed by atoms with E-state index in [-0.39, 0.29) is 29.4 Å². The number of carbonyl (C=O) groups excluding carboxylic acids is 2. The molecular weight excluding hydrogens is 302 g/mol. The van der Waals surface area contributed by atoms with Crippen LogP contribution in [0.25, 0.3) is 0 Å². The molecule has 2 N–H and O–H groups in total. The highest BCUT2D eigenvalue weighted by Gasteiger charge is 2.36. The summed E-state index contributed by atoms with van der Waals surface area (Å²) in [5.74, 6) is -0.0918. The van der Waals surface area contributed by atoms with Crippen molar-refractivity contribution < 1.29 is 9.59 Å². The van der Waals surface area contributed by atoms with Crippen LogP contribution >= 0.6 is 0 Å². The SMILES string of the molecule is CNC(=O)[C@@H]1CCCN1C(=O)N[C@@H](c1ccccc1C)C(C)(C)C. The first-order valence-electron chi connectivity index (χ1n) is 8.60. The number of hydrogen-bond acceptors (Lipinski definition) is 2. The molecule has 0 aromatic heterocycles. The van der Waals surface area contributed by atoms with Gasteiger partial charge < -0.3 is 15.5 Å². The van der Waals surface area contributed by atoms with E-state index in [2.05, 4.69) is 50.5 Å². The maximum absolute atomic E-state index is 12.9. The second-order valence-electron chi connectivity index (χ2n) is 7.57.